The molecule has 0 aliphatic rings. The molecule has 0 amide bonds. The van der Waals surface area contributed by atoms with E-state index < -0.39 is 0 Å². The molecule has 4 heteroatoms. The van der Waals surface area contributed by atoms with Crippen molar-refractivity contribution in [3.8, 4) is 5.69 Å². The number of nitrogens with zero attached hydrogens (tertiary/aromatic N) is 3. The van der Waals surface area contributed by atoms with E-state index in [1.165, 1.54) is 11.1 Å². The van der Waals surface area contributed by atoms with Crippen LogP contribution in [-0.2, 0) is 13.0 Å². The van der Waals surface area contributed by atoms with Gasteiger partial charge in [-0.15, -0.1) is 10.2 Å². The number of nitrogens with two attached hydrogens (primary N) is 1. The van der Waals surface area contributed by atoms with Gasteiger partial charge in [-0.2, -0.15) is 0 Å². The Balaban J connectivity index is 2.56. The van der Waals surface area contributed by atoms with Crippen molar-refractivity contribution in [3.63, 3.8) is 0 Å². The lowest BCUT2D eigenvalue weighted by atomic mass is 10.0. The lowest BCUT2D eigenvalue weighted by Gasteiger charge is -2.11. The van der Waals surface area contributed by atoms with Gasteiger partial charge in [0.25, 0.3) is 0 Å². The van der Waals surface area contributed by atoms with Crippen LogP contribution in [0.5, 0.6) is 0 Å². The molecule has 78 valence electrons. The summed E-state index contributed by atoms with van der Waals surface area (Å²) in [4.78, 5) is 0. The standard InChI is InChI=1S/C11H14N4/c1-2-9-4-3-5-11(10(9)6-12)15-7-13-14-8-15/h3-5,7-8H,2,6,12H2,1H3. The van der Waals surface area contributed by atoms with Crippen LogP contribution in [0.2, 0.25) is 0 Å². The molecule has 0 unspecified atom stereocenters. The highest BCUT2D eigenvalue weighted by Crippen LogP contribution is 2.18. The Morgan fingerprint density at radius 2 is 2.00 bits per heavy atom. The van der Waals surface area contributed by atoms with E-state index in [0.29, 0.717) is 6.54 Å². The van der Waals surface area contributed by atoms with E-state index in [-0.39, 0.29) is 0 Å². The van der Waals surface area contributed by atoms with E-state index >= 15 is 0 Å². The molecule has 15 heavy (non-hydrogen) atoms. The largest absolute Gasteiger partial charge is 0.326 e. The molecule has 0 bridgehead atoms. The molecular weight excluding hydrogens is 188 g/mol. The van der Waals surface area contributed by atoms with Crippen LogP contribution in [0, 0.1) is 0 Å². The van der Waals surface area contributed by atoms with E-state index in [4.69, 9.17) is 5.73 Å². The first-order chi connectivity index (χ1) is 7.36. The summed E-state index contributed by atoms with van der Waals surface area (Å²) in [7, 11) is 0. The summed E-state index contributed by atoms with van der Waals surface area (Å²) >= 11 is 0. The fourth-order valence-corrected chi connectivity index (χ4v) is 1.76. The summed E-state index contributed by atoms with van der Waals surface area (Å²) in [6, 6.07) is 6.17. The summed E-state index contributed by atoms with van der Waals surface area (Å²) in [6.07, 6.45) is 4.37. The van der Waals surface area contributed by atoms with Crippen LogP contribution in [0.25, 0.3) is 5.69 Å². The number of aryl methyl sites for hydroxylation is 1. The Hall–Kier alpha value is -1.68. The van der Waals surface area contributed by atoms with Crippen LogP contribution in [0.4, 0.5) is 0 Å². The minimum atomic E-state index is 0.539. The zero-order valence-corrected chi connectivity index (χ0v) is 8.72. The van der Waals surface area contributed by atoms with Gasteiger partial charge in [-0.3, -0.25) is 4.57 Å². The molecule has 0 saturated heterocycles. The van der Waals surface area contributed by atoms with Crippen molar-refractivity contribution in [1.29, 1.82) is 0 Å². The third kappa shape index (κ3) is 1.76. The van der Waals surface area contributed by atoms with Gasteiger partial charge in [-0.25, -0.2) is 0 Å². The molecule has 0 aliphatic carbocycles. The van der Waals surface area contributed by atoms with Crippen molar-refractivity contribution in [2.45, 2.75) is 19.9 Å². The number of hydrogen-bond acceptors (Lipinski definition) is 3. The molecular formula is C11H14N4. The highest BCUT2D eigenvalue weighted by atomic mass is 15.2. The van der Waals surface area contributed by atoms with Crippen LogP contribution in [0.15, 0.2) is 30.9 Å². The Bertz CT molecular complexity index is 434. The van der Waals surface area contributed by atoms with Gasteiger partial charge in [0, 0.05) is 6.54 Å². The highest BCUT2D eigenvalue weighted by molar-refractivity contribution is 5.45. The predicted octanol–water partition coefficient (Wildman–Crippen LogP) is 1.29. The van der Waals surface area contributed by atoms with Crippen molar-refractivity contribution in [3.05, 3.63) is 42.0 Å². The minimum Gasteiger partial charge on any atom is -0.326 e. The number of rotatable bonds is 3. The second-order valence-electron chi connectivity index (χ2n) is 3.34. The number of benzene rings is 1. The first kappa shape index (κ1) is 9.86. The molecule has 0 radical (unpaired) electrons. The zero-order valence-electron chi connectivity index (χ0n) is 8.72. The maximum absolute atomic E-state index is 5.78. The maximum Gasteiger partial charge on any atom is 0.123 e. The van der Waals surface area contributed by atoms with Gasteiger partial charge in [0.1, 0.15) is 12.7 Å². The minimum absolute atomic E-state index is 0.539. The average molecular weight is 202 g/mol. The average Bonchev–Trinajstić information content (AvgIpc) is 2.81. The second kappa shape index (κ2) is 4.23. The summed E-state index contributed by atoms with van der Waals surface area (Å²) in [5.74, 6) is 0. The van der Waals surface area contributed by atoms with Crippen molar-refractivity contribution in [2.24, 2.45) is 5.73 Å². The first-order valence-corrected chi connectivity index (χ1v) is 5.02. The van der Waals surface area contributed by atoms with Gasteiger partial charge in [0.2, 0.25) is 0 Å². The lowest BCUT2D eigenvalue weighted by Crippen LogP contribution is -2.06. The monoisotopic (exact) mass is 202 g/mol. The molecule has 0 atom stereocenters. The Labute approximate surface area is 88.8 Å². The van der Waals surface area contributed by atoms with Crippen LogP contribution < -0.4 is 5.73 Å². The van der Waals surface area contributed by atoms with E-state index in [9.17, 15) is 0 Å². The van der Waals surface area contributed by atoms with Gasteiger partial charge in [-0.05, 0) is 23.6 Å². The summed E-state index contributed by atoms with van der Waals surface area (Å²) in [6.45, 7) is 2.67. The summed E-state index contributed by atoms with van der Waals surface area (Å²) < 4.78 is 1.89. The number of aromatic nitrogens is 3. The van der Waals surface area contributed by atoms with Crippen LogP contribution in [0.1, 0.15) is 18.1 Å². The van der Waals surface area contributed by atoms with Gasteiger partial charge < -0.3 is 5.73 Å². The third-order valence-electron chi connectivity index (χ3n) is 2.53. The fourth-order valence-electron chi connectivity index (χ4n) is 1.76. The molecule has 0 aliphatic heterocycles. The van der Waals surface area contributed by atoms with Crippen LogP contribution in [-0.4, -0.2) is 14.8 Å². The SMILES string of the molecule is CCc1cccc(-n2cnnc2)c1CN. The normalized spacial score (nSPS) is 10.5. The van der Waals surface area contributed by atoms with Crippen molar-refractivity contribution >= 4 is 0 Å². The van der Waals surface area contributed by atoms with Crippen LogP contribution >= 0.6 is 0 Å². The first-order valence-electron chi connectivity index (χ1n) is 5.02. The molecule has 2 aromatic rings. The van der Waals surface area contributed by atoms with E-state index in [1.54, 1.807) is 12.7 Å². The Kier molecular flexibility index (Phi) is 2.78. The molecule has 1 aromatic heterocycles. The van der Waals surface area contributed by atoms with E-state index in [2.05, 4.69) is 23.2 Å². The lowest BCUT2D eigenvalue weighted by molar-refractivity contribution is 0.946. The van der Waals surface area contributed by atoms with E-state index in [1.807, 2.05) is 16.7 Å². The molecule has 0 spiro atoms. The predicted molar refractivity (Wildman–Crippen MR) is 58.6 cm³/mol. The van der Waals surface area contributed by atoms with Crippen molar-refractivity contribution in [1.82, 2.24) is 14.8 Å². The van der Waals surface area contributed by atoms with Gasteiger partial charge in [0.05, 0.1) is 5.69 Å². The Morgan fingerprint density at radius 3 is 2.60 bits per heavy atom. The maximum atomic E-state index is 5.78. The van der Waals surface area contributed by atoms with Gasteiger partial charge in [-0.1, -0.05) is 19.1 Å². The molecule has 4 nitrogen and oxygen atoms in total. The van der Waals surface area contributed by atoms with Crippen molar-refractivity contribution in [2.75, 3.05) is 0 Å². The zero-order chi connectivity index (χ0) is 10.7. The molecule has 0 fully saturated rings. The molecule has 0 saturated carbocycles. The Morgan fingerprint density at radius 1 is 1.27 bits per heavy atom. The van der Waals surface area contributed by atoms with Crippen LogP contribution in [0.3, 0.4) is 0 Å². The molecule has 1 heterocycles. The van der Waals surface area contributed by atoms with Gasteiger partial charge in [0.15, 0.2) is 0 Å². The summed E-state index contributed by atoms with van der Waals surface area (Å²) in [5.41, 5.74) is 9.30. The summed E-state index contributed by atoms with van der Waals surface area (Å²) in [5, 5.41) is 7.60. The van der Waals surface area contributed by atoms with Gasteiger partial charge >= 0.3 is 0 Å². The third-order valence-corrected chi connectivity index (χ3v) is 2.53. The molecule has 2 N–H and O–H groups in total. The second-order valence-corrected chi connectivity index (χ2v) is 3.34. The van der Waals surface area contributed by atoms with E-state index in [0.717, 1.165) is 12.1 Å². The smallest absolute Gasteiger partial charge is 0.123 e. The topological polar surface area (TPSA) is 56.7 Å². The number of hydrogen-bond donors (Lipinski definition) is 1. The quantitative estimate of drug-likeness (QED) is 0.815. The van der Waals surface area contributed by atoms with Crippen molar-refractivity contribution < 1.29 is 0 Å². The molecule has 1 aromatic carbocycles. The molecule has 2 rings (SSSR count). The highest BCUT2D eigenvalue weighted by Gasteiger charge is 2.06. The fraction of sp³-hybridized carbons (Fsp3) is 0.273.